The lowest BCUT2D eigenvalue weighted by molar-refractivity contribution is 0.252. The molecule has 0 radical (unpaired) electrons. The minimum atomic E-state index is -0.272. The summed E-state index contributed by atoms with van der Waals surface area (Å²) in [7, 11) is 0. The number of halogens is 1. The molecule has 0 saturated carbocycles. The Morgan fingerprint density at radius 1 is 1.16 bits per heavy atom. The van der Waals surface area contributed by atoms with Crippen LogP contribution in [0.4, 0.5) is 14.9 Å². The van der Waals surface area contributed by atoms with Gasteiger partial charge < -0.3 is 10.6 Å². The highest BCUT2D eigenvalue weighted by atomic mass is 32.1. The van der Waals surface area contributed by atoms with Crippen molar-refractivity contribution in [2.45, 2.75) is 13.3 Å². The average Bonchev–Trinajstić information content (AvgIpc) is 2.97. The van der Waals surface area contributed by atoms with Crippen molar-refractivity contribution in [3.8, 4) is 10.6 Å². The van der Waals surface area contributed by atoms with Crippen LogP contribution in [0.15, 0.2) is 54.6 Å². The zero-order valence-electron chi connectivity index (χ0n) is 13.8. The van der Waals surface area contributed by atoms with Crippen LogP contribution >= 0.6 is 11.3 Å². The van der Waals surface area contributed by atoms with Crippen molar-refractivity contribution in [1.82, 2.24) is 10.3 Å². The van der Waals surface area contributed by atoms with Crippen molar-refractivity contribution in [2.24, 2.45) is 0 Å². The van der Waals surface area contributed by atoms with E-state index in [4.69, 9.17) is 0 Å². The lowest BCUT2D eigenvalue weighted by atomic mass is 10.2. The van der Waals surface area contributed by atoms with Crippen molar-refractivity contribution in [3.63, 3.8) is 0 Å². The first-order chi connectivity index (χ1) is 12.1. The number of benzene rings is 2. The molecule has 1 aromatic heterocycles. The third-order valence-electron chi connectivity index (χ3n) is 3.63. The number of anilines is 1. The number of nitrogens with zero attached hydrogens (tertiary/aromatic N) is 1. The van der Waals surface area contributed by atoms with Gasteiger partial charge in [0.1, 0.15) is 10.8 Å². The minimum Gasteiger partial charge on any atom is -0.338 e. The first-order valence-corrected chi connectivity index (χ1v) is 8.75. The lowest BCUT2D eigenvalue weighted by Crippen LogP contribution is -2.30. The second-order valence-electron chi connectivity index (χ2n) is 5.53. The first kappa shape index (κ1) is 17.1. The fraction of sp³-hybridized carbons (Fsp3) is 0.158. The molecule has 0 spiro atoms. The van der Waals surface area contributed by atoms with Gasteiger partial charge in [0.05, 0.1) is 5.69 Å². The van der Waals surface area contributed by atoms with Gasteiger partial charge in [0.2, 0.25) is 0 Å². The Morgan fingerprint density at radius 3 is 2.72 bits per heavy atom. The standard InChI is InChI=1S/C19H18FN3OS/c1-13-17(25-18(22-13)14-6-5-7-15(20)12-14)10-11-21-19(24)23-16-8-3-2-4-9-16/h2-9,12H,10-11H2,1H3,(H2,21,23,24). The molecular formula is C19H18FN3OS. The summed E-state index contributed by atoms with van der Waals surface area (Å²) in [6.45, 7) is 2.43. The number of hydrogen-bond acceptors (Lipinski definition) is 3. The average molecular weight is 355 g/mol. The fourth-order valence-electron chi connectivity index (χ4n) is 2.39. The Hall–Kier alpha value is -2.73. The molecule has 0 aliphatic rings. The summed E-state index contributed by atoms with van der Waals surface area (Å²) in [5.41, 5.74) is 2.44. The smallest absolute Gasteiger partial charge is 0.319 e. The molecule has 4 nitrogen and oxygen atoms in total. The van der Waals surface area contributed by atoms with Crippen LogP contribution in [0.3, 0.4) is 0 Å². The molecule has 3 rings (SSSR count). The zero-order valence-corrected chi connectivity index (χ0v) is 14.6. The van der Waals surface area contributed by atoms with Crippen LogP contribution in [-0.4, -0.2) is 17.6 Å². The molecule has 2 N–H and O–H groups in total. The predicted molar refractivity (Wildman–Crippen MR) is 99.4 cm³/mol. The number of hydrogen-bond donors (Lipinski definition) is 2. The van der Waals surface area contributed by atoms with E-state index in [1.165, 1.54) is 23.5 Å². The Labute approximate surface area is 149 Å². The molecule has 3 aromatic rings. The molecule has 1 heterocycles. The van der Waals surface area contributed by atoms with Crippen molar-refractivity contribution >= 4 is 23.1 Å². The molecule has 0 saturated heterocycles. The number of nitrogens with one attached hydrogen (secondary N) is 2. The highest BCUT2D eigenvalue weighted by Crippen LogP contribution is 2.28. The quantitative estimate of drug-likeness (QED) is 0.701. The minimum absolute atomic E-state index is 0.237. The SMILES string of the molecule is Cc1nc(-c2cccc(F)c2)sc1CCNC(=O)Nc1ccccc1. The van der Waals surface area contributed by atoms with Crippen LogP contribution < -0.4 is 10.6 Å². The number of carbonyl (C=O) groups excluding carboxylic acids is 1. The van der Waals surface area contributed by atoms with Gasteiger partial charge in [0.15, 0.2) is 0 Å². The van der Waals surface area contributed by atoms with E-state index in [1.807, 2.05) is 43.3 Å². The third-order valence-corrected chi connectivity index (χ3v) is 4.90. The van der Waals surface area contributed by atoms with E-state index in [9.17, 15) is 9.18 Å². The Balaban J connectivity index is 1.56. The highest BCUT2D eigenvalue weighted by Gasteiger charge is 2.10. The molecule has 6 heteroatoms. The summed E-state index contributed by atoms with van der Waals surface area (Å²) in [6, 6.07) is 15.5. The highest BCUT2D eigenvalue weighted by molar-refractivity contribution is 7.15. The van der Waals surface area contributed by atoms with Crippen molar-refractivity contribution in [3.05, 3.63) is 71.0 Å². The van der Waals surface area contributed by atoms with E-state index in [2.05, 4.69) is 15.6 Å². The van der Waals surface area contributed by atoms with Crippen molar-refractivity contribution < 1.29 is 9.18 Å². The molecular weight excluding hydrogens is 337 g/mol. The molecule has 128 valence electrons. The number of aromatic nitrogens is 1. The monoisotopic (exact) mass is 355 g/mol. The zero-order chi connectivity index (χ0) is 17.6. The summed E-state index contributed by atoms with van der Waals surface area (Å²) < 4.78 is 13.4. The van der Waals surface area contributed by atoms with Gasteiger partial charge in [-0.25, -0.2) is 14.2 Å². The number of rotatable bonds is 5. The summed E-state index contributed by atoms with van der Waals surface area (Å²) in [6.07, 6.45) is 0.682. The molecule has 2 aromatic carbocycles. The number of amides is 2. The van der Waals surface area contributed by atoms with Gasteiger partial charge in [-0.05, 0) is 31.2 Å². The van der Waals surface area contributed by atoms with E-state index in [0.717, 1.165) is 26.8 Å². The Bertz CT molecular complexity index is 864. The van der Waals surface area contributed by atoms with E-state index >= 15 is 0 Å². The van der Waals surface area contributed by atoms with Crippen LogP contribution in [0.5, 0.6) is 0 Å². The normalized spacial score (nSPS) is 10.5. The van der Waals surface area contributed by atoms with E-state index < -0.39 is 0 Å². The maximum absolute atomic E-state index is 13.4. The van der Waals surface area contributed by atoms with Gasteiger partial charge >= 0.3 is 6.03 Å². The number of urea groups is 1. The molecule has 0 atom stereocenters. The second-order valence-corrected chi connectivity index (χ2v) is 6.62. The molecule has 0 fully saturated rings. The largest absolute Gasteiger partial charge is 0.338 e. The molecule has 0 bridgehead atoms. The molecule has 0 aliphatic heterocycles. The Morgan fingerprint density at radius 2 is 1.96 bits per heavy atom. The van der Waals surface area contributed by atoms with Crippen LogP contribution in [0.25, 0.3) is 10.6 Å². The predicted octanol–water partition coefficient (Wildman–Crippen LogP) is 4.62. The number of aryl methyl sites for hydroxylation is 1. The number of thiazole rings is 1. The van der Waals surface area contributed by atoms with Crippen LogP contribution in [-0.2, 0) is 6.42 Å². The van der Waals surface area contributed by atoms with E-state index in [-0.39, 0.29) is 11.8 Å². The number of carbonyl (C=O) groups is 1. The summed E-state index contributed by atoms with van der Waals surface area (Å²) in [4.78, 5) is 17.5. The van der Waals surface area contributed by atoms with Gasteiger partial charge in [-0.1, -0.05) is 30.3 Å². The number of para-hydroxylation sites is 1. The topological polar surface area (TPSA) is 54.0 Å². The summed E-state index contributed by atoms with van der Waals surface area (Å²) in [5.74, 6) is -0.272. The van der Waals surface area contributed by atoms with Crippen LogP contribution in [0, 0.1) is 12.7 Å². The first-order valence-electron chi connectivity index (χ1n) is 7.94. The Kier molecular flexibility index (Phi) is 5.40. The lowest BCUT2D eigenvalue weighted by Gasteiger charge is -2.06. The van der Waals surface area contributed by atoms with Gasteiger partial charge in [0, 0.05) is 29.1 Å². The van der Waals surface area contributed by atoms with E-state index in [0.29, 0.717) is 13.0 Å². The molecule has 0 unspecified atom stereocenters. The summed E-state index contributed by atoms with van der Waals surface area (Å²) in [5, 5.41) is 6.40. The maximum Gasteiger partial charge on any atom is 0.319 e. The van der Waals surface area contributed by atoms with Crippen LogP contribution in [0.2, 0.25) is 0 Å². The van der Waals surface area contributed by atoms with E-state index in [1.54, 1.807) is 6.07 Å². The second kappa shape index (κ2) is 7.90. The third kappa shape index (κ3) is 4.64. The van der Waals surface area contributed by atoms with Gasteiger partial charge in [-0.15, -0.1) is 11.3 Å². The maximum atomic E-state index is 13.4. The molecule has 25 heavy (non-hydrogen) atoms. The molecule has 0 aliphatic carbocycles. The van der Waals surface area contributed by atoms with Gasteiger partial charge in [-0.3, -0.25) is 0 Å². The van der Waals surface area contributed by atoms with Crippen LogP contribution in [0.1, 0.15) is 10.6 Å². The van der Waals surface area contributed by atoms with Crippen molar-refractivity contribution in [2.75, 3.05) is 11.9 Å². The fourth-order valence-corrected chi connectivity index (χ4v) is 3.45. The molecule has 2 amide bonds. The van der Waals surface area contributed by atoms with Crippen molar-refractivity contribution in [1.29, 1.82) is 0 Å². The summed E-state index contributed by atoms with van der Waals surface area (Å²) >= 11 is 1.53. The van der Waals surface area contributed by atoms with Gasteiger partial charge in [-0.2, -0.15) is 0 Å². The van der Waals surface area contributed by atoms with Gasteiger partial charge in [0.25, 0.3) is 0 Å².